The standard InChI is InChI=1S/C16H25N5O2/c1-11-17-15(19(2)3)21(5)16(18-11)20(4)10-9-12-7-6-8-13(22)14(12)23/h6-8,11,22-23H,9-10H2,1-5H3. The number of aliphatic imine (C=N–C) groups is 2. The number of benzene rings is 1. The van der Waals surface area contributed by atoms with Crippen molar-refractivity contribution in [3.8, 4) is 11.5 Å². The minimum Gasteiger partial charge on any atom is -0.504 e. The highest BCUT2D eigenvalue weighted by atomic mass is 16.3. The predicted octanol–water partition coefficient (Wildman–Crippen LogP) is 1.14. The molecule has 0 fully saturated rings. The van der Waals surface area contributed by atoms with Gasteiger partial charge in [-0.2, -0.15) is 0 Å². The van der Waals surface area contributed by atoms with E-state index in [0.717, 1.165) is 11.9 Å². The number of phenols is 2. The van der Waals surface area contributed by atoms with Gasteiger partial charge in [-0.05, 0) is 25.0 Å². The second kappa shape index (κ2) is 6.76. The first-order chi connectivity index (χ1) is 10.8. The number of guanidine groups is 2. The number of para-hydroxylation sites is 1. The molecule has 0 aliphatic carbocycles. The lowest BCUT2D eigenvalue weighted by molar-refractivity contribution is 0.390. The van der Waals surface area contributed by atoms with Crippen molar-refractivity contribution in [1.82, 2.24) is 14.7 Å². The smallest absolute Gasteiger partial charge is 0.205 e. The molecule has 0 saturated heterocycles. The maximum absolute atomic E-state index is 9.89. The van der Waals surface area contributed by atoms with Crippen LogP contribution < -0.4 is 0 Å². The van der Waals surface area contributed by atoms with E-state index >= 15 is 0 Å². The summed E-state index contributed by atoms with van der Waals surface area (Å²) in [6.07, 6.45) is 0.474. The molecule has 1 aromatic rings. The number of hydrogen-bond acceptors (Lipinski definition) is 7. The van der Waals surface area contributed by atoms with E-state index in [-0.39, 0.29) is 17.7 Å². The fraction of sp³-hybridized carbons (Fsp3) is 0.500. The Balaban J connectivity index is 2.08. The number of rotatable bonds is 3. The Morgan fingerprint density at radius 2 is 1.78 bits per heavy atom. The second-order valence-corrected chi connectivity index (χ2v) is 5.90. The summed E-state index contributed by atoms with van der Waals surface area (Å²) in [6, 6.07) is 5.02. The van der Waals surface area contributed by atoms with Crippen LogP contribution in [0.25, 0.3) is 0 Å². The van der Waals surface area contributed by atoms with Gasteiger partial charge in [0.05, 0.1) is 0 Å². The van der Waals surface area contributed by atoms with Crippen molar-refractivity contribution in [2.45, 2.75) is 19.5 Å². The molecule has 7 nitrogen and oxygen atoms in total. The SMILES string of the molecule is CC1N=C(N(C)C)N(C)C(N(C)CCc2cccc(O)c2O)=N1. The van der Waals surface area contributed by atoms with Crippen molar-refractivity contribution >= 4 is 11.9 Å². The summed E-state index contributed by atoms with van der Waals surface area (Å²) in [5.74, 6) is 1.54. The first kappa shape index (κ1) is 16.9. The lowest BCUT2D eigenvalue weighted by atomic mass is 10.1. The van der Waals surface area contributed by atoms with Crippen molar-refractivity contribution < 1.29 is 10.2 Å². The van der Waals surface area contributed by atoms with Crippen LogP contribution in [0, 0.1) is 0 Å². The van der Waals surface area contributed by atoms with Crippen LogP contribution in [0.3, 0.4) is 0 Å². The van der Waals surface area contributed by atoms with E-state index in [1.54, 1.807) is 6.07 Å². The molecular weight excluding hydrogens is 294 g/mol. The van der Waals surface area contributed by atoms with Crippen LogP contribution in [0.5, 0.6) is 11.5 Å². The molecule has 0 aromatic heterocycles. The third kappa shape index (κ3) is 3.67. The van der Waals surface area contributed by atoms with Crippen molar-refractivity contribution in [2.24, 2.45) is 9.98 Å². The lowest BCUT2D eigenvalue weighted by Gasteiger charge is -2.35. The van der Waals surface area contributed by atoms with Gasteiger partial charge in [-0.15, -0.1) is 0 Å². The summed E-state index contributed by atoms with van der Waals surface area (Å²) in [4.78, 5) is 15.0. The molecule has 2 N–H and O–H groups in total. The maximum Gasteiger partial charge on any atom is 0.205 e. The molecular formula is C16H25N5O2. The van der Waals surface area contributed by atoms with Gasteiger partial charge in [-0.1, -0.05) is 12.1 Å². The molecule has 1 aliphatic rings. The van der Waals surface area contributed by atoms with Crippen LogP contribution in [0.15, 0.2) is 28.2 Å². The fourth-order valence-electron chi connectivity index (χ4n) is 2.56. The topological polar surface area (TPSA) is 74.9 Å². The Morgan fingerprint density at radius 3 is 2.43 bits per heavy atom. The van der Waals surface area contributed by atoms with Crippen molar-refractivity contribution in [3.05, 3.63) is 23.8 Å². The van der Waals surface area contributed by atoms with Crippen LogP contribution in [-0.2, 0) is 6.42 Å². The monoisotopic (exact) mass is 319 g/mol. The molecule has 2 rings (SSSR count). The van der Waals surface area contributed by atoms with E-state index in [0.29, 0.717) is 18.5 Å². The van der Waals surface area contributed by atoms with E-state index in [1.807, 2.05) is 55.9 Å². The highest BCUT2D eigenvalue weighted by Gasteiger charge is 2.24. The average molecular weight is 319 g/mol. The maximum atomic E-state index is 9.89. The molecule has 1 unspecified atom stereocenters. The zero-order chi connectivity index (χ0) is 17.1. The molecule has 1 heterocycles. The van der Waals surface area contributed by atoms with Gasteiger partial charge in [0.15, 0.2) is 11.5 Å². The first-order valence-electron chi connectivity index (χ1n) is 7.59. The van der Waals surface area contributed by atoms with Crippen LogP contribution in [0.2, 0.25) is 0 Å². The van der Waals surface area contributed by atoms with E-state index in [2.05, 4.69) is 9.98 Å². The Morgan fingerprint density at radius 1 is 1.13 bits per heavy atom. The molecule has 1 atom stereocenters. The lowest BCUT2D eigenvalue weighted by Crippen LogP contribution is -2.51. The highest BCUT2D eigenvalue weighted by molar-refractivity contribution is 5.99. The molecule has 1 aromatic carbocycles. The van der Waals surface area contributed by atoms with Crippen molar-refractivity contribution in [2.75, 3.05) is 34.7 Å². The average Bonchev–Trinajstić information content (AvgIpc) is 2.50. The minimum absolute atomic E-state index is 0.0521. The van der Waals surface area contributed by atoms with Gasteiger partial charge in [-0.25, -0.2) is 9.98 Å². The summed E-state index contributed by atoms with van der Waals surface area (Å²) in [7, 11) is 7.80. The zero-order valence-electron chi connectivity index (χ0n) is 14.4. The Hall–Kier alpha value is -2.44. The zero-order valence-corrected chi connectivity index (χ0v) is 14.4. The Labute approximate surface area is 137 Å². The Kier molecular flexibility index (Phi) is 4.98. The van der Waals surface area contributed by atoms with Gasteiger partial charge in [0.1, 0.15) is 6.17 Å². The highest BCUT2D eigenvalue weighted by Crippen LogP contribution is 2.28. The van der Waals surface area contributed by atoms with E-state index in [1.165, 1.54) is 6.07 Å². The van der Waals surface area contributed by atoms with Gasteiger partial charge in [0.25, 0.3) is 0 Å². The van der Waals surface area contributed by atoms with Gasteiger partial charge < -0.3 is 20.0 Å². The molecule has 126 valence electrons. The molecule has 1 aliphatic heterocycles. The normalized spacial score (nSPS) is 17.6. The molecule has 0 spiro atoms. The predicted molar refractivity (Wildman–Crippen MR) is 91.9 cm³/mol. The Bertz CT molecular complexity index is 627. The van der Waals surface area contributed by atoms with E-state index in [4.69, 9.17) is 0 Å². The van der Waals surface area contributed by atoms with Crippen molar-refractivity contribution in [3.63, 3.8) is 0 Å². The number of likely N-dealkylation sites (N-methyl/N-ethyl adjacent to an activating group) is 1. The molecule has 0 amide bonds. The minimum atomic E-state index is -0.129. The summed E-state index contributed by atoms with van der Waals surface area (Å²) in [5.41, 5.74) is 0.713. The molecule has 0 bridgehead atoms. The third-order valence-electron chi connectivity index (χ3n) is 3.76. The van der Waals surface area contributed by atoms with E-state index in [9.17, 15) is 10.2 Å². The van der Waals surface area contributed by atoms with Crippen molar-refractivity contribution in [1.29, 1.82) is 0 Å². The number of phenolic OH excluding ortho intramolecular Hbond substituents is 2. The summed E-state index contributed by atoms with van der Waals surface area (Å²) in [5, 5.41) is 19.5. The third-order valence-corrected chi connectivity index (χ3v) is 3.76. The second-order valence-electron chi connectivity index (χ2n) is 5.90. The summed E-state index contributed by atoms with van der Waals surface area (Å²) in [6.45, 7) is 2.61. The van der Waals surface area contributed by atoms with E-state index < -0.39 is 0 Å². The summed E-state index contributed by atoms with van der Waals surface area (Å²) < 4.78 is 0. The van der Waals surface area contributed by atoms with Gasteiger partial charge in [-0.3, -0.25) is 4.90 Å². The quantitative estimate of drug-likeness (QED) is 0.817. The fourth-order valence-corrected chi connectivity index (χ4v) is 2.56. The first-order valence-corrected chi connectivity index (χ1v) is 7.59. The number of aromatic hydroxyl groups is 2. The molecule has 7 heteroatoms. The van der Waals surface area contributed by atoms with Crippen LogP contribution in [0.4, 0.5) is 0 Å². The van der Waals surface area contributed by atoms with Crippen LogP contribution in [0.1, 0.15) is 12.5 Å². The molecule has 0 saturated carbocycles. The van der Waals surface area contributed by atoms with Crippen LogP contribution in [-0.4, -0.2) is 77.7 Å². The molecule has 0 radical (unpaired) electrons. The number of nitrogens with zero attached hydrogens (tertiary/aromatic N) is 5. The summed E-state index contributed by atoms with van der Waals surface area (Å²) >= 11 is 0. The van der Waals surface area contributed by atoms with Gasteiger partial charge in [0, 0.05) is 34.7 Å². The van der Waals surface area contributed by atoms with Gasteiger partial charge in [0.2, 0.25) is 11.9 Å². The van der Waals surface area contributed by atoms with Gasteiger partial charge >= 0.3 is 0 Å². The molecule has 23 heavy (non-hydrogen) atoms. The largest absolute Gasteiger partial charge is 0.504 e. The van der Waals surface area contributed by atoms with Crippen LogP contribution >= 0.6 is 0 Å². The number of hydrogen-bond donors (Lipinski definition) is 2.